The van der Waals surface area contributed by atoms with Crippen LogP contribution in [0.5, 0.6) is 0 Å². The normalized spacial score (nSPS) is 11.2. The number of fused-ring (bicyclic) bond motifs is 1. The Bertz CT molecular complexity index is 1200. The lowest BCUT2D eigenvalue weighted by Gasteiger charge is -2.12. The Kier molecular flexibility index (Phi) is 4.09. The second-order valence-electron chi connectivity index (χ2n) is 6.29. The van der Waals surface area contributed by atoms with Crippen LogP contribution in [-0.2, 0) is 6.54 Å². The van der Waals surface area contributed by atoms with E-state index in [1.165, 1.54) is 15.9 Å². The van der Waals surface area contributed by atoms with E-state index in [1.807, 2.05) is 62.4 Å². The minimum absolute atomic E-state index is 0.248. The summed E-state index contributed by atoms with van der Waals surface area (Å²) in [6.07, 6.45) is 0. The maximum absolute atomic E-state index is 13.3. The number of rotatable bonds is 3. The van der Waals surface area contributed by atoms with Crippen LogP contribution in [0, 0.1) is 13.8 Å². The smallest absolute Gasteiger partial charge is 0.280 e. The summed E-state index contributed by atoms with van der Waals surface area (Å²) in [6.45, 7) is 4.37. The highest BCUT2D eigenvalue weighted by Gasteiger charge is 2.19. The molecule has 0 fully saturated rings. The quantitative estimate of drug-likeness (QED) is 0.555. The number of nitrogens with zero attached hydrogens (tertiary/aromatic N) is 2. The molecular formula is C21H18N2O2S. The van der Waals surface area contributed by atoms with Gasteiger partial charge >= 0.3 is 5.69 Å². The van der Waals surface area contributed by atoms with Crippen molar-refractivity contribution in [3.8, 4) is 5.69 Å². The van der Waals surface area contributed by atoms with Crippen LogP contribution in [0.1, 0.15) is 16.0 Å². The summed E-state index contributed by atoms with van der Waals surface area (Å²) >= 11 is 1.51. The van der Waals surface area contributed by atoms with Gasteiger partial charge in [0.1, 0.15) is 4.83 Å². The van der Waals surface area contributed by atoms with Gasteiger partial charge in [-0.2, -0.15) is 0 Å². The van der Waals surface area contributed by atoms with E-state index in [1.54, 1.807) is 16.7 Å². The zero-order chi connectivity index (χ0) is 18.3. The van der Waals surface area contributed by atoms with E-state index in [-0.39, 0.29) is 11.2 Å². The number of thiophene rings is 1. The van der Waals surface area contributed by atoms with Crippen molar-refractivity contribution >= 4 is 21.6 Å². The number of para-hydroxylation sites is 1. The standard InChI is InChI=1S/C21H18N2O2S/c1-14-15(2)26-20-18(14)19(24)23(17-11-7-4-8-12-17)21(25)22(20)13-16-9-5-3-6-10-16/h3-12H,13H2,1-2H3. The average molecular weight is 362 g/mol. The highest BCUT2D eigenvalue weighted by Crippen LogP contribution is 2.27. The van der Waals surface area contributed by atoms with Crippen LogP contribution < -0.4 is 11.2 Å². The summed E-state index contributed by atoms with van der Waals surface area (Å²) in [6, 6.07) is 18.9. The molecule has 2 heterocycles. The molecule has 0 saturated heterocycles. The first-order chi connectivity index (χ1) is 12.6. The number of benzene rings is 2. The van der Waals surface area contributed by atoms with Gasteiger partial charge in [-0.1, -0.05) is 48.5 Å². The number of hydrogen-bond acceptors (Lipinski definition) is 3. The summed E-state index contributed by atoms with van der Waals surface area (Å²) < 4.78 is 2.99. The van der Waals surface area contributed by atoms with Crippen LogP contribution in [0.3, 0.4) is 0 Å². The number of hydrogen-bond donors (Lipinski definition) is 0. The van der Waals surface area contributed by atoms with Gasteiger partial charge in [-0.05, 0) is 37.1 Å². The molecule has 0 aliphatic heterocycles. The van der Waals surface area contributed by atoms with Crippen molar-refractivity contribution in [1.29, 1.82) is 0 Å². The Balaban J connectivity index is 2.09. The molecule has 26 heavy (non-hydrogen) atoms. The average Bonchev–Trinajstić information content (AvgIpc) is 2.96. The molecule has 0 amide bonds. The maximum atomic E-state index is 13.3. The molecule has 5 heteroatoms. The molecule has 2 aromatic carbocycles. The van der Waals surface area contributed by atoms with Gasteiger partial charge < -0.3 is 0 Å². The van der Waals surface area contributed by atoms with Gasteiger partial charge in [0.25, 0.3) is 5.56 Å². The summed E-state index contributed by atoms with van der Waals surface area (Å²) in [4.78, 5) is 28.2. The van der Waals surface area contributed by atoms with E-state index in [2.05, 4.69) is 0 Å². The minimum atomic E-state index is -0.307. The second-order valence-corrected chi connectivity index (χ2v) is 7.50. The molecular weight excluding hydrogens is 344 g/mol. The summed E-state index contributed by atoms with van der Waals surface area (Å²) in [5.41, 5.74) is 2.01. The molecule has 0 radical (unpaired) electrons. The lowest BCUT2D eigenvalue weighted by atomic mass is 10.2. The molecule has 0 bridgehead atoms. The Morgan fingerprint density at radius 1 is 0.885 bits per heavy atom. The van der Waals surface area contributed by atoms with Gasteiger partial charge in [0.2, 0.25) is 0 Å². The van der Waals surface area contributed by atoms with Crippen molar-refractivity contribution in [1.82, 2.24) is 9.13 Å². The molecule has 0 aliphatic rings. The van der Waals surface area contributed by atoms with E-state index in [0.29, 0.717) is 17.6 Å². The first-order valence-corrected chi connectivity index (χ1v) is 9.24. The monoisotopic (exact) mass is 362 g/mol. The van der Waals surface area contributed by atoms with Gasteiger partial charge in [-0.25, -0.2) is 9.36 Å². The zero-order valence-corrected chi connectivity index (χ0v) is 15.4. The zero-order valence-electron chi connectivity index (χ0n) is 14.6. The maximum Gasteiger partial charge on any atom is 0.337 e. The van der Waals surface area contributed by atoms with Crippen LogP contribution in [-0.4, -0.2) is 9.13 Å². The third-order valence-electron chi connectivity index (χ3n) is 4.65. The summed E-state index contributed by atoms with van der Waals surface area (Å²) in [5, 5.41) is 0.631. The van der Waals surface area contributed by atoms with Crippen LogP contribution >= 0.6 is 11.3 Å². The lowest BCUT2D eigenvalue weighted by molar-refractivity contribution is 0.719. The fraction of sp³-hybridized carbons (Fsp3) is 0.143. The Morgan fingerprint density at radius 3 is 2.15 bits per heavy atom. The molecule has 0 N–H and O–H groups in total. The Hall–Kier alpha value is -2.92. The summed E-state index contributed by atoms with van der Waals surface area (Å²) in [5.74, 6) is 0. The second kappa shape index (κ2) is 6.42. The molecule has 0 atom stereocenters. The molecule has 4 nitrogen and oxygen atoms in total. The topological polar surface area (TPSA) is 44.0 Å². The van der Waals surface area contributed by atoms with Gasteiger partial charge in [-0.3, -0.25) is 9.36 Å². The van der Waals surface area contributed by atoms with E-state index in [9.17, 15) is 9.59 Å². The third kappa shape index (κ3) is 2.61. The molecule has 0 unspecified atom stereocenters. The first-order valence-electron chi connectivity index (χ1n) is 8.43. The molecule has 130 valence electrons. The Morgan fingerprint density at radius 2 is 1.50 bits per heavy atom. The molecule has 4 rings (SSSR count). The van der Waals surface area contributed by atoms with Gasteiger partial charge in [-0.15, -0.1) is 11.3 Å². The van der Waals surface area contributed by atoms with Gasteiger partial charge in [0.05, 0.1) is 17.6 Å². The van der Waals surface area contributed by atoms with Crippen molar-refractivity contribution in [3.05, 3.63) is 97.5 Å². The van der Waals surface area contributed by atoms with Crippen molar-refractivity contribution in [3.63, 3.8) is 0 Å². The minimum Gasteiger partial charge on any atom is -0.280 e. The van der Waals surface area contributed by atoms with Crippen molar-refractivity contribution in [2.45, 2.75) is 20.4 Å². The molecule has 0 spiro atoms. The molecule has 4 aromatic rings. The largest absolute Gasteiger partial charge is 0.337 e. The molecule has 0 saturated carbocycles. The number of aromatic nitrogens is 2. The highest BCUT2D eigenvalue weighted by molar-refractivity contribution is 7.18. The van der Waals surface area contributed by atoms with Crippen molar-refractivity contribution in [2.24, 2.45) is 0 Å². The lowest BCUT2D eigenvalue weighted by Crippen LogP contribution is -2.38. The predicted molar refractivity (Wildman–Crippen MR) is 107 cm³/mol. The van der Waals surface area contributed by atoms with E-state index in [0.717, 1.165) is 20.8 Å². The van der Waals surface area contributed by atoms with Crippen molar-refractivity contribution < 1.29 is 0 Å². The highest BCUT2D eigenvalue weighted by atomic mass is 32.1. The van der Waals surface area contributed by atoms with Gasteiger partial charge in [0.15, 0.2) is 0 Å². The third-order valence-corrected chi connectivity index (χ3v) is 5.88. The van der Waals surface area contributed by atoms with Crippen LogP contribution in [0.15, 0.2) is 70.3 Å². The fourth-order valence-electron chi connectivity index (χ4n) is 3.17. The van der Waals surface area contributed by atoms with Crippen LogP contribution in [0.25, 0.3) is 15.9 Å². The summed E-state index contributed by atoms with van der Waals surface area (Å²) in [7, 11) is 0. The molecule has 0 aliphatic carbocycles. The van der Waals surface area contributed by atoms with Crippen molar-refractivity contribution in [2.75, 3.05) is 0 Å². The molecule has 2 aromatic heterocycles. The predicted octanol–water partition coefficient (Wildman–Crippen LogP) is 3.88. The number of aryl methyl sites for hydroxylation is 2. The van der Waals surface area contributed by atoms with E-state index in [4.69, 9.17) is 0 Å². The van der Waals surface area contributed by atoms with Crippen LogP contribution in [0.2, 0.25) is 0 Å². The Labute approximate surface area is 154 Å². The van der Waals surface area contributed by atoms with E-state index < -0.39 is 0 Å². The fourth-order valence-corrected chi connectivity index (χ4v) is 4.31. The van der Waals surface area contributed by atoms with Crippen LogP contribution in [0.4, 0.5) is 0 Å². The van der Waals surface area contributed by atoms with Gasteiger partial charge in [0, 0.05) is 4.88 Å². The van der Waals surface area contributed by atoms with E-state index >= 15 is 0 Å². The first kappa shape index (κ1) is 16.5. The SMILES string of the molecule is Cc1sc2c(c1C)c(=O)n(-c1ccccc1)c(=O)n2Cc1ccccc1.